The van der Waals surface area contributed by atoms with Gasteiger partial charge in [0.25, 0.3) is 11.5 Å². The summed E-state index contributed by atoms with van der Waals surface area (Å²) in [5, 5.41) is 6.95. The second-order valence-electron chi connectivity index (χ2n) is 6.14. The Morgan fingerprint density at radius 1 is 1.21 bits per heavy atom. The molecule has 0 unspecified atom stereocenters. The molecule has 0 saturated carbocycles. The van der Waals surface area contributed by atoms with Gasteiger partial charge in [0, 0.05) is 5.38 Å². The van der Waals surface area contributed by atoms with Gasteiger partial charge in [-0.2, -0.15) is 0 Å². The zero-order valence-corrected chi connectivity index (χ0v) is 17.0. The summed E-state index contributed by atoms with van der Waals surface area (Å²) < 4.78 is 6.25. The first kappa shape index (κ1) is 19.0. The first-order chi connectivity index (χ1) is 13.9. The van der Waals surface area contributed by atoms with E-state index in [1.807, 2.05) is 0 Å². The van der Waals surface area contributed by atoms with E-state index in [2.05, 4.69) is 20.7 Å². The predicted molar refractivity (Wildman–Crippen MR) is 110 cm³/mol. The Hall–Kier alpha value is -3.31. The van der Waals surface area contributed by atoms with Gasteiger partial charge in [-0.05, 0) is 31.4 Å². The van der Waals surface area contributed by atoms with E-state index in [4.69, 9.17) is 4.42 Å². The molecule has 4 heterocycles. The fourth-order valence-electron chi connectivity index (χ4n) is 2.71. The molecule has 0 bridgehead atoms. The topological polar surface area (TPSA) is 119 Å². The van der Waals surface area contributed by atoms with Crippen LogP contribution in [0.3, 0.4) is 0 Å². The van der Waals surface area contributed by atoms with Crippen molar-refractivity contribution < 1.29 is 14.0 Å². The van der Waals surface area contributed by atoms with Crippen molar-refractivity contribution in [3.05, 3.63) is 62.4 Å². The zero-order valence-electron chi connectivity index (χ0n) is 15.4. The average Bonchev–Trinajstić information content (AvgIpc) is 3.40. The lowest BCUT2D eigenvalue weighted by Gasteiger charge is -2.10. The molecule has 0 aliphatic carbocycles. The SMILES string of the molecule is Cc1occc1C(=O)Nc1nc(CC(=O)Nn2c(C)nc3sccc3c2=O)cs1. The number of carbonyl (C=O) groups is 2. The van der Waals surface area contributed by atoms with Gasteiger partial charge in [0.2, 0.25) is 5.91 Å². The Bertz CT molecular complexity index is 1280. The molecule has 0 fully saturated rings. The van der Waals surface area contributed by atoms with Crippen molar-refractivity contribution in [1.29, 1.82) is 0 Å². The van der Waals surface area contributed by atoms with Crippen molar-refractivity contribution in [3.8, 4) is 0 Å². The summed E-state index contributed by atoms with van der Waals surface area (Å²) >= 11 is 2.57. The molecule has 4 aromatic heterocycles. The minimum Gasteiger partial charge on any atom is -0.469 e. The summed E-state index contributed by atoms with van der Waals surface area (Å²) in [6.07, 6.45) is 1.39. The molecular weight excluding hydrogens is 414 g/mol. The maximum atomic E-state index is 12.5. The summed E-state index contributed by atoms with van der Waals surface area (Å²) in [4.78, 5) is 46.3. The molecule has 4 rings (SSSR count). The van der Waals surface area contributed by atoms with E-state index in [0.29, 0.717) is 38.2 Å². The Labute approximate surface area is 172 Å². The molecule has 0 radical (unpaired) electrons. The van der Waals surface area contributed by atoms with Crippen molar-refractivity contribution in [2.75, 3.05) is 10.7 Å². The number of nitrogens with zero attached hydrogens (tertiary/aromatic N) is 3. The highest BCUT2D eigenvalue weighted by Crippen LogP contribution is 2.18. The van der Waals surface area contributed by atoms with E-state index in [-0.39, 0.29) is 17.9 Å². The van der Waals surface area contributed by atoms with Crippen LogP contribution in [0.25, 0.3) is 10.2 Å². The number of carbonyl (C=O) groups excluding carboxylic acids is 2. The van der Waals surface area contributed by atoms with Gasteiger partial charge in [0.1, 0.15) is 16.4 Å². The minimum absolute atomic E-state index is 0.0509. The maximum absolute atomic E-state index is 12.5. The number of nitrogens with one attached hydrogen (secondary N) is 2. The summed E-state index contributed by atoms with van der Waals surface area (Å²) in [5.74, 6) is 0.148. The van der Waals surface area contributed by atoms with Crippen LogP contribution in [-0.4, -0.2) is 26.5 Å². The van der Waals surface area contributed by atoms with Gasteiger partial charge >= 0.3 is 0 Å². The predicted octanol–water partition coefficient (Wildman–Crippen LogP) is 2.69. The number of rotatable bonds is 5. The smallest absolute Gasteiger partial charge is 0.281 e. The first-order valence-electron chi connectivity index (χ1n) is 8.49. The first-order valence-corrected chi connectivity index (χ1v) is 10.2. The number of thiophene rings is 1. The lowest BCUT2D eigenvalue weighted by atomic mass is 10.2. The minimum atomic E-state index is -0.416. The molecule has 0 aliphatic heterocycles. The van der Waals surface area contributed by atoms with Crippen LogP contribution in [0.2, 0.25) is 0 Å². The van der Waals surface area contributed by atoms with E-state index in [9.17, 15) is 14.4 Å². The number of thiazole rings is 1. The number of anilines is 1. The molecule has 0 aliphatic rings. The van der Waals surface area contributed by atoms with E-state index >= 15 is 0 Å². The van der Waals surface area contributed by atoms with Crippen molar-refractivity contribution in [2.45, 2.75) is 20.3 Å². The van der Waals surface area contributed by atoms with Crippen LogP contribution in [0.15, 0.2) is 38.4 Å². The Balaban J connectivity index is 1.44. The third kappa shape index (κ3) is 3.82. The van der Waals surface area contributed by atoms with Gasteiger partial charge in [-0.15, -0.1) is 22.7 Å². The van der Waals surface area contributed by atoms with E-state index < -0.39 is 5.91 Å². The molecule has 2 amide bonds. The molecule has 148 valence electrons. The van der Waals surface area contributed by atoms with Gasteiger partial charge in [0.05, 0.1) is 29.3 Å². The van der Waals surface area contributed by atoms with Gasteiger partial charge in [0.15, 0.2) is 5.13 Å². The van der Waals surface area contributed by atoms with Crippen LogP contribution >= 0.6 is 22.7 Å². The van der Waals surface area contributed by atoms with Crippen LogP contribution < -0.4 is 16.3 Å². The summed E-state index contributed by atoms with van der Waals surface area (Å²) in [6, 6.07) is 3.25. The molecule has 4 aromatic rings. The van der Waals surface area contributed by atoms with E-state index in [1.54, 1.807) is 36.7 Å². The number of fused-ring (bicyclic) bond motifs is 1. The number of hydrogen-bond acceptors (Lipinski definition) is 8. The highest BCUT2D eigenvalue weighted by atomic mass is 32.1. The summed E-state index contributed by atoms with van der Waals surface area (Å²) in [7, 11) is 0. The van der Waals surface area contributed by atoms with Gasteiger partial charge in [-0.1, -0.05) is 0 Å². The molecule has 0 saturated heterocycles. The fourth-order valence-corrected chi connectivity index (χ4v) is 4.21. The highest BCUT2D eigenvalue weighted by molar-refractivity contribution is 7.16. The normalized spacial score (nSPS) is 11.0. The van der Waals surface area contributed by atoms with E-state index in [1.165, 1.54) is 28.9 Å². The fraction of sp³-hybridized carbons (Fsp3) is 0.167. The van der Waals surface area contributed by atoms with Crippen LogP contribution in [-0.2, 0) is 11.2 Å². The van der Waals surface area contributed by atoms with Crippen molar-refractivity contribution in [3.63, 3.8) is 0 Å². The Morgan fingerprint density at radius 2 is 2.03 bits per heavy atom. The monoisotopic (exact) mass is 429 g/mol. The highest BCUT2D eigenvalue weighted by Gasteiger charge is 2.16. The van der Waals surface area contributed by atoms with Gasteiger partial charge in [-0.25, -0.2) is 14.6 Å². The number of hydrogen-bond donors (Lipinski definition) is 2. The standard InChI is InChI=1S/C18H15N5O4S2/c1-9-12(3-5-27-9)15(25)21-18-20-11(8-29-18)7-14(24)22-23-10(2)19-16-13(17(23)26)4-6-28-16/h3-6,8H,7H2,1-2H3,(H,22,24)(H,20,21,25). The average molecular weight is 429 g/mol. The Kier molecular flexibility index (Phi) is 4.99. The molecule has 0 aromatic carbocycles. The number of amides is 2. The quantitative estimate of drug-likeness (QED) is 0.503. The molecule has 11 heteroatoms. The van der Waals surface area contributed by atoms with Crippen molar-refractivity contribution in [2.24, 2.45) is 0 Å². The maximum Gasteiger partial charge on any atom is 0.281 e. The second kappa shape index (κ2) is 7.60. The van der Waals surface area contributed by atoms with Crippen LogP contribution in [0.1, 0.15) is 27.6 Å². The molecule has 9 nitrogen and oxygen atoms in total. The van der Waals surface area contributed by atoms with Crippen molar-refractivity contribution in [1.82, 2.24) is 14.6 Å². The third-order valence-corrected chi connectivity index (χ3v) is 5.73. The molecular formula is C18H15N5O4S2. The third-order valence-electron chi connectivity index (χ3n) is 4.12. The lowest BCUT2D eigenvalue weighted by Crippen LogP contribution is -2.36. The van der Waals surface area contributed by atoms with Gasteiger partial charge < -0.3 is 4.42 Å². The Morgan fingerprint density at radius 3 is 2.79 bits per heavy atom. The summed E-state index contributed by atoms with van der Waals surface area (Å²) in [6.45, 7) is 3.34. The number of aromatic nitrogens is 3. The molecule has 0 spiro atoms. The molecule has 0 atom stereocenters. The van der Waals surface area contributed by atoms with Crippen molar-refractivity contribution >= 4 is 49.8 Å². The number of aryl methyl sites for hydroxylation is 2. The largest absolute Gasteiger partial charge is 0.469 e. The van der Waals surface area contributed by atoms with Crippen LogP contribution in [0, 0.1) is 13.8 Å². The molecule has 2 N–H and O–H groups in total. The number of furan rings is 1. The van der Waals surface area contributed by atoms with Crippen LogP contribution in [0.4, 0.5) is 5.13 Å². The van der Waals surface area contributed by atoms with E-state index in [0.717, 1.165) is 4.68 Å². The van der Waals surface area contributed by atoms with Crippen LogP contribution in [0.5, 0.6) is 0 Å². The second-order valence-corrected chi connectivity index (χ2v) is 7.89. The zero-order chi connectivity index (χ0) is 20.5. The molecule has 29 heavy (non-hydrogen) atoms. The van der Waals surface area contributed by atoms with Gasteiger partial charge in [-0.3, -0.25) is 25.1 Å². The lowest BCUT2D eigenvalue weighted by molar-refractivity contribution is -0.116. The summed E-state index contributed by atoms with van der Waals surface area (Å²) in [5.41, 5.74) is 3.13.